The lowest BCUT2D eigenvalue weighted by Crippen LogP contribution is -2.30. The average molecular weight is 222 g/mol. The molecule has 6 atom stereocenters. The van der Waals surface area contributed by atoms with Gasteiger partial charge in [-0.2, -0.15) is 0 Å². The Balaban J connectivity index is 1.92. The minimum absolute atomic E-state index is 0.351. The van der Waals surface area contributed by atoms with Gasteiger partial charge >= 0.3 is 0 Å². The fourth-order valence-corrected chi connectivity index (χ4v) is 5.57. The van der Waals surface area contributed by atoms with E-state index < -0.39 is 0 Å². The van der Waals surface area contributed by atoms with Gasteiger partial charge < -0.3 is 5.11 Å². The lowest BCUT2D eigenvalue weighted by molar-refractivity contribution is 0.0291. The lowest BCUT2D eigenvalue weighted by Gasteiger charge is -2.36. The molecule has 0 radical (unpaired) electrons. The second kappa shape index (κ2) is 3.04. The van der Waals surface area contributed by atoms with Crippen LogP contribution in [0.15, 0.2) is 0 Å². The first-order valence-electron chi connectivity index (χ1n) is 7.13. The fourth-order valence-electron chi connectivity index (χ4n) is 5.57. The van der Waals surface area contributed by atoms with Crippen LogP contribution in [0, 0.1) is 35.0 Å². The lowest BCUT2D eigenvalue weighted by atomic mass is 9.69. The molecule has 3 aliphatic rings. The summed E-state index contributed by atoms with van der Waals surface area (Å²) in [5.74, 6) is 4.01. The quantitative estimate of drug-likeness (QED) is 0.720. The van der Waals surface area contributed by atoms with Crippen molar-refractivity contribution in [2.24, 2.45) is 35.0 Å². The third-order valence-electron chi connectivity index (χ3n) is 6.35. The van der Waals surface area contributed by atoms with Gasteiger partial charge in [0.05, 0.1) is 5.60 Å². The second-order valence-electron chi connectivity index (χ2n) is 7.36. The van der Waals surface area contributed by atoms with Crippen LogP contribution >= 0.6 is 0 Å². The molecule has 0 bridgehead atoms. The van der Waals surface area contributed by atoms with Gasteiger partial charge in [-0.15, -0.1) is 0 Å². The molecule has 0 aromatic heterocycles. The van der Waals surface area contributed by atoms with Crippen LogP contribution in [0.1, 0.15) is 53.4 Å². The molecule has 1 nitrogen and oxygen atoms in total. The number of fused-ring (bicyclic) bond motifs is 1. The van der Waals surface area contributed by atoms with Crippen LogP contribution in [-0.2, 0) is 0 Å². The monoisotopic (exact) mass is 222 g/mol. The molecule has 3 saturated carbocycles. The first kappa shape index (κ1) is 11.1. The van der Waals surface area contributed by atoms with Crippen molar-refractivity contribution < 1.29 is 5.11 Å². The van der Waals surface area contributed by atoms with Crippen LogP contribution in [-0.4, -0.2) is 10.7 Å². The third-order valence-corrected chi connectivity index (χ3v) is 6.35. The average Bonchev–Trinajstić information content (AvgIpc) is 2.79. The number of hydrogen-bond acceptors (Lipinski definition) is 1. The summed E-state index contributed by atoms with van der Waals surface area (Å²) in [6, 6.07) is 0. The molecular formula is C15H26O. The van der Waals surface area contributed by atoms with Gasteiger partial charge in [-0.05, 0) is 67.6 Å². The second-order valence-corrected chi connectivity index (χ2v) is 7.36. The third kappa shape index (κ3) is 1.11. The molecule has 0 amide bonds. The van der Waals surface area contributed by atoms with E-state index in [1.165, 1.54) is 19.3 Å². The summed E-state index contributed by atoms with van der Waals surface area (Å²) in [5.41, 5.74) is 0.201. The Kier molecular flexibility index (Phi) is 2.11. The largest absolute Gasteiger partial charge is 0.390 e. The van der Waals surface area contributed by atoms with Gasteiger partial charge in [0.15, 0.2) is 0 Å². The van der Waals surface area contributed by atoms with Crippen molar-refractivity contribution in [1.29, 1.82) is 0 Å². The zero-order chi connectivity index (χ0) is 11.7. The maximum Gasteiger partial charge on any atom is 0.0656 e. The van der Waals surface area contributed by atoms with E-state index in [9.17, 15) is 5.11 Å². The molecule has 1 spiro atoms. The summed E-state index contributed by atoms with van der Waals surface area (Å²) in [6.45, 7) is 9.27. The van der Waals surface area contributed by atoms with E-state index >= 15 is 0 Å². The van der Waals surface area contributed by atoms with Crippen molar-refractivity contribution >= 4 is 0 Å². The van der Waals surface area contributed by atoms with Gasteiger partial charge in [0.1, 0.15) is 0 Å². The predicted molar refractivity (Wildman–Crippen MR) is 66.0 cm³/mol. The van der Waals surface area contributed by atoms with E-state index in [2.05, 4.69) is 27.7 Å². The zero-order valence-corrected chi connectivity index (χ0v) is 11.2. The van der Waals surface area contributed by atoms with Gasteiger partial charge in [-0.25, -0.2) is 0 Å². The van der Waals surface area contributed by atoms with Crippen LogP contribution in [0.4, 0.5) is 0 Å². The van der Waals surface area contributed by atoms with Crippen molar-refractivity contribution in [2.45, 2.75) is 59.0 Å². The highest BCUT2D eigenvalue weighted by molar-refractivity contribution is 5.26. The van der Waals surface area contributed by atoms with Gasteiger partial charge in [-0.1, -0.05) is 20.8 Å². The Hall–Kier alpha value is -0.0400. The van der Waals surface area contributed by atoms with Crippen LogP contribution in [0.2, 0.25) is 0 Å². The standard InChI is InChI=1S/C15H26O/c1-9(2)11-6-5-10(3)15-8-7-14(4,16)13(15)12(11)15/h9-13,16H,5-8H2,1-4H3/t10-,11+,12+,13-,14+,15-/m1/s1. The summed E-state index contributed by atoms with van der Waals surface area (Å²) >= 11 is 0. The van der Waals surface area contributed by atoms with Crippen molar-refractivity contribution in [3.63, 3.8) is 0 Å². The molecule has 0 aliphatic heterocycles. The predicted octanol–water partition coefficient (Wildman–Crippen LogP) is 3.47. The van der Waals surface area contributed by atoms with E-state index in [1.54, 1.807) is 0 Å². The minimum Gasteiger partial charge on any atom is -0.390 e. The molecule has 0 aromatic carbocycles. The molecule has 3 rings (SSSR count). The smallest absolute Gasteiger partial charge is 0.0656 e. The van der Waals surface area contributed by atoms with Crippen molar-refractivity contribution in [3.05, 3.63) is 0 Å². The first-order chi connectivity index (χ1) is 7.41. The molecule has 0 heterocycles. The molecule has 92 valence electrons. The molecule has 3 aliphatic carbocycles. The van der Waals surface area contributed by atoms with Gasteiger partial charge in [0, 0.05) is 0 Å². The van der Waals surface area contributed by atoms with Crippen LogP contribution in [0.5, 0.6) is 0 Å². The summed E-state index contributed by atoms with van der Waals surface area (Å²) < 4.78 is 0. The molecule has 0 aromatic rings. The highest BCUT2D eigenvalue weighted by atomic mass is 16.3. The highest BCUT2D eigenvalue weighted by Crippen LogP contribution is 2.80. The molecule has 1 N–H and O–H groups in total. The van der Waals surface area contributed by atoms with E-state index in [1.807, 2.05) is 0 Å². The molecule has 3 fully saturated rings. The molecule has 0 unspecified atom stereocenters. The minimum atomic E-state index is -0.351. The molecule has 16 heavy (non-hydrogen) atoms. The van der Waals surface area contributed by atoms with E-state index in [-0.39, 0.29) is 5.60 Å². The zero-order valence-electron chi connectivity index (χ0n) is 11.2. The number of rotatable bonds is 1. The molecule has 1 heteroatoms. The van der Waals surface area contributed by atoms with Gasteiger partial charge in [0.25, 0.3) is 0 Å². The van der Waals surface area contributed by atoms with E-state index in [0.717, 1.165) is 30.1 Å². The maximum absolute atomic E-state index is 10.5. The molecule has 0 saturated heterocycles. The van der Waals surface area contributed by atoms with Gasteiger partial charge in [0.2, 0.25) is 0 Å². The van der Waals surface area contributed by atoms with E-state index in [4.69, 9.17) is 0 Å². The van der Waals surface area contributed by atoms with Crippen molar-refractivity contribution in [3.8, 4) is 0 Å². The van der Waals surface area contributed by atoms with Crippen LogP contribution in [0.3, 0.4) is 0 Å². The maximum atomic E-state index is 10.5. The first-order valence-corrected chi connectivity index (χ1v) is 7.13. The van der Waals surface area contributed by atoms with Crippen molar-refractivity contribution in [2.75, 3.05) is 0 Å². The number of aliphatic hydroxyl groups is 1. The molecular weight excluding hydrogens is 196 g/mol. The normalized spacial score (nSPS) is 59.6. The van der Waals surface area contributed by atoms with E-state index in [0.29, 0.717) is 11.3 Å². The van der Waals surface area contributed by atoms with Crippen LogP contribution < -0.4 is 0 Å². The van der Waals surface area contributed by atoms with Crippen molar-refractivity contribution in [1.82, 2.24) is 0 Å². The van der Waals surface area contributed by atoms with Crippen LogP contribution in [0.25, 0.3) is 0 Å². The Labute approximate surface area is 99.6 Å². The number of hydrogen-bond donors (Lipinski definition) is 1. The van der Waals surface area contributed by atoms with Gasteiger partial charge in [-0.3, -0.25) is 0 Å². The Morgan fingerprint density at radius 2 is 1.88 bits per heavy atom. The Morgan fingerprint density at radius 3 is 2.50 bits per heavy atom. The summed E-state index contributed by atoms with van der Waals surface area (Å²) in [5, 5.41) is 10.5. The highest BCUT2D eigenvalue weighted by Gasteiger charge is 2.77. The topological polar surface area (TPSA) is 20.2 Å². The summed E-state index contributed by atoms with van der Waals surface area (Å²) in [7, 11) is 0. The fraction of sp³-hybridized carbons (Fsp3) is 1.00. The Morgan fingerprint density at radius 1 is 1.19 bits per heavy atom. The Bertz CT molecular complexity index is 307. The summed E-state index contributed by atoms with van der Waals surface area (Å²) in [4.78, 5) is 0. The SMILES string of the molecule is CC(C)[C@@H]1CC[C@@H](C)[C@@]23CC[C@](C)(O)[C@H]2[C@H]13. The summed E-state index contributed by atoms with van der Waals surface area (Å²) in [6.07, 6.45) is 5.13.